The molecule has 56 heavy (non-hydrogen) atoms. The Labute approximate surface area is 324 Å². The van der Waals surface area contributed by atoms with E-state index in [2.05, 4.69) is 10.4 Å². The number of nitrogens with one attached hydrogen (secondary N) is 1. The molecular formula is C39H27Cl2F3N4O8. The number of aromatic hydroxyl groups is 2. The van der Waals surface area contributed by atoms with Gasteiger partial charge in [0, 0.05) is 28.8 Å². The van der Waals surface area contributed by atoms with E-state index in [0.717, 1.165) is 17.0 Å². The van der Waals surface area contributed by atoms with E-state index in [1.807, 2.05) is 0 Å². The van der Waals surface area contributed by atoms with Crippen LogP contribution in [-0.2, 0) is 30.8 Å². The molecule has 12 nitrogen and oxygen atoms in total. The first-order valence-corrected chi connectivity index (χ1v) is 17.9. The molecule has 2 aliphatic heterocycles. The Kier molecular flexibility index (Phi) is 8.65. The Morgan fingerprint density at radius 3 is 2.25 bits per heavy atom. The number of alkyl halides is 3. The fourth-order valence-electron chi connectivity index (χ4n) is 8.95. The molecule has 4 aliphatic rings. The van der Waals surface area contributed by atoms with Crippen LogP contribution in [-0.4, -0.2) is 54.9 Å². The van der Waals surface area contributed by atoms with Crippen LogP contribution in [0.5, 0.6) is 11.5 Å². The number of rotatable bonds is 6. The van der Waals surface area contributed by atoms with Gasteiger partial charge in [-0.05, 0) is 60.7 Å². The van der Waals surface area contributed by atoms with Crippen LogP contribution in [0.3, 0.4) is 0 Å². The Bertz CT molecular complexity index is 2430. The number of benzene rings is 3. The monoisotopic (exact) mass is 806 g/mol. The van der Waals surface area contributed by atoms with Gasteiger partial charge in [-0.2, -0.15) is 18.2 Å². The second kappa shape index (κ2) is 13.1. The number of anilines is 2. The first kappa shape index (κ1) is 37.0. The molecule has 6 unspecified atom stereocenters. The number of aromatic carboxylic acids is 1. The second-order valence-corrected chi connectivity index (χ2v) is 14.8. The number of nitrogens with zero attached hydrogens (tertiary/aromatic N) is 3. The van der Waals surface area contributed by atoms with Crippen molar-refractivity contribution >= 4 is 64.3 Å². The predicted octanol–water partition coefficient (Wildman–Crippen LogP) is 6.71. The molecular weight excluding hydrogens is 780 g/mol. The Hall–Kier alpha value is -5.93. The fourth-order valence-corrected chi connectivity index (χ4v) is 9.29. The maximum atomic E-state index is 15.2. The molecule has 0 bridgehead atoms. The van der Waals surface area contributed by atoms with E-state index in [1.54, 1.807) is 36.4 Å². The lowest BCUT2D eigenvalue weighted by atomic mass is 9.49. The second-order valence-electron chi connectivity index (χ2n) is 14.0. The van der Waals surface area contributed by atoms with Gasteiger partial charge in [-0.3, -0.25) is 24.6 Å². The maximum Gasteiger partial charge on any atom is 0.417 e. The highest BCUT2D eigenvalue weighted by Gasteiger charge is 2.70. The van der Waals surface area contributed by atoms with Crippen LogP contribution in [0.25, 0.3) is 0 Å². The topological polar surface area (TPSA) is 177 Å². The number of hydrogen-bond acceptors (Lipinski definition) is 9. The highest BCUT2D eigenvalue weighted by atomic mass is 35.5. The summed E-state index contributed by atoms with van der Waals surface area (Å²) in [6.45, 7) is 0. The van der Waals surface area contributed by atoms with Crippen molar-refractivity contribution in [3.63, 3.8) is 0 Å². The third kappa shape index (κ3) is 5.43. The summed E-state index contributed by atoms with van der Waals surface area (Å²) >= 11 is 12.5. The van der Waals surface area contributed by atoms with Crippen molar-refractivity contribution in [3.05, 3.63) is 123 Å². The quantitative estimate of drug-likeness (QED) is 0.121. The van der Waals surface area contributed by atoms with Gasteiger partial charge in [-0.15, -0.1) is 0 Å². The minimum Gasteiger partial charge on any atom is -0.508 e. The molecule has 0 spiro atoms. The number of carbonyl (C=O) groups is 5. The molecule has 1 aromatic heterocycles. The summed E-state index contributed by atoms with van der Waals surface area (Å²) in [5.41, 5.74) is 0.0298. The number of aromatic nitrogens is 1. The molecule has 1 saturated carbocycles. The lowest BCUT2D eigenvalue weighted by molar-refractivity contribution is -0.139. The third-order valence-electron chi connectivity index (χ3n) is 11.3. The minimum absolute atomic E-state index is 0.0113. The van der Waals surface area contributed by atoms with Crippen LogP contribution in [0.4, 0.5) is 24.7 Å². The van der Waals surface area contributed by atoms with E-state index >= 15 is 4.79 Å². The van der Waals surface area contributed by atoms with Gasteiger partial charge in [0.2, 0.25) is 11.8 Å². The van der Waals surface area contributed by atoms with Crippen LogP contribution >= 0.6 is 23.2 Å². The molecule has 2 aliphatic carbocycles. The minimum atomic E-state index is -4.79. The first-order chi connectivity index (χ1) is 26.5. The van der Waals surface area contributed by atoms with Gasteiger partial charge in [-0.25, -0.2) is 14.7 Å². The van der Waals surface area contributed by atoms with Gasteiger partial charge in [-0.1, -0.05) is 65.2 Å². The lowest BCUT2D eigenvalue weighted by Gasteiger charge is -2.50. The van der Waals surface area contributed by atoms with E-state index < -0.39 is 98.5 Å². The number of carboxylic acids is 1. The number of phenols is 2. The number of phenolic OH excluding ortho intramolecular Hbond substituents is 1. The van der Waals surface area contributed by atoms with Crippen LogP contribution in [0.1, 0.15) is 45.8 Å². The van der Waals surface area contributed by atoms with E-state index in [9.17, 15) is 47.7 Å². The van der Waals surface area contributed by atoms with Crippen molar-refractivity contribution in [2.75, 3.05) is 10.3 Å². The van der Waals surface area contributed by atoms with Crippen molar-refractivity contribution in [1.29, 1.82) is 0 Å². The van der Waals surface area contributed by atoms with E-state index in [1.165, 1.54) is 24.3 Å². The number of imide groups is 2. The van der Waals surface area contributed by atoms with Crippen LogP contribution in [0.15, 0.2) is 90.6 Å². The molecule has 8 rings (SSSR count). The Balaban J connectivity index is 1.29. The summed E-state index contributed by atoms with van der Waals surface area (Å²) in [6, 6.07) is 16.2. The van der Waals surface area contributed by atoms with Gasteiger partial charge < -0.3 is 15.3 Å². The van der Waals surface area contributed by atoms with Crippen LogP contribution in [0, 0.1) is 23.7 Å². The van der Waals surface area contributed by atoms with Crippen molar-refractivity contribution in [1.82, 2.24) is 9.99 Å². The number of allylic oxidation sites excluding steroid dienone is 2. The average Bonchev–Trinajstić information content (AvgIpc) is 3.53. The molecule has 4 aromatic rings. The molecule has 2 saturated heterocycles. The summed E-state index contributed by atoms with van der Waals surface area (Å²) in [6.07, 6.45) is -2.72. The SMILES string of the molecule is O=C(O)c1ccc(N2C(=O)C3CC=C4C(CC5C(=O)N(Nc6ncc(C(F)(F)F)cc6Cl)C(=O)C5(c5ccc(Cl)cc5)C4c4ccccc4O)C3C2=O)cc1O. The van der Waals surface area contributed by atoms with Crippen molar-refractivity contribution in [2.24, 2.45) is 23.7 Å². The van der Waals surface area contributed by atoms with E-state index in [4.69, 9.17) is 23.2 Å². The number of para-hydroxylation sites is 1. The summed E-state index contributed by atoms with van der Waals surface area (Å²) in [5, 5.41) is 31.7. The van der Waals surface area contributed by atoms with Crippen molar-refractivity contribution < 1.29 is 52.5 Å². The van der Waals surface area contributed by atoms with Gasteiger partial charge in [0.15, 0.2) is 5.82 Å². The Morgan fingerprint density at radius 1 is 0.893 bits per heavy atom. The zero-order chi connectivity index (χ0) is 40.0. The molecule has 3 fully saturated rings. The van der Waals surface area contributed by atoms with E-state index in [-0.39, 0.29) is 29.8 Å². The first-order valence-electron chi connectivity index (χ1n) is 17.1. The smallest absolute Gasteiger partial charge is 0.417 e. The molecule has 4 amide bonds. The normalized spacial score (nSPS) is 25.8. The summed E-state index contributed by atoms with van der Waals surface area (Å²) in [4.78, 5) is 74.6. The fraction of sp³-hybridized carbons (Fsp3) is 0.231. The third-order valence-corrected chi connectivity index (χ3v) is 11.8. The van der Waals surface area contributed by atoms with E-state index in [0.29, 0.717) is 33.4 Å². The predicted molar refractivity (Wildman–Crippen MR) is 193 cm³/mol. The lowest BCUT2D eigenvalue weighted by Crippen LogP contribution is -2.53. The zero-order valence-corrected chi connectivity index (χ0v) is 30.0. The number of fused-ring (bicyclic) bond motifs is 4. The molecule has 0 radical (unpaired) electrons. The van der Waals surface area contributed by atoms with Crippen molar-refractivity contribution in [2.45, 2.75) is 30.4 Å². The number of carboxylic acid groups (broad SMARTS) is 1. The number of halogens is 5. The molecule has 17 heteroatoms. The van der Waals surface area contributed by atoms with Gasteiger partial charge >= 0.3 is 12.1 Å². The van der Waals surface area contributed by atoms with Gasteiger partial charge in [0.1, 0.15) is 17.1 Å². The summed E-state index contributed by atoms with van der Waals surface area (Å²) in [5.74, 6) is -11.1. The van der Waals surface area contributed by atoms with Gasteiger partial charge in [0.05, 0.1) is 39.4 Å². The summed E-state index contributed by atoms with van der Waals surface area (Å²) < 4.78 is 40.4. The molecule has 3 heterocycles. The average molecular weight is 808 g/mol. The Morgan fingerprint density at radius 2 is 1.61 bits per heavy atom. The number of pyridine rings is 1. The maximum absolute atomic E-state index is 15.2. The largest absolute Gasteiger partial charge is 0.508 e. The zero-order valence-electron chi connectivity index (χ0n) is 28.5. The number of carbonyl (C=O) groups excluding carboxylic acids is 4. The molecule has 3 aromatic carbocycles. The van der Waals surface area contributed by atoms with Gasteiger partial charge in [0.25, 0.3) is 11.8 Å². The number of hydrogen-bond donors (Lipinski definition) is 4. The van der Waals surface area contributed by atoms with Crippen molar-refractivity contribution in [3.8, 4) is 11.5 Å². The molecule has 286 valence electrons. The number of amides is 4. The molecule has 4 N–H and O–H groups in total. The molecule has 6 atom stereocenters. The summed E-state index contributed by atoms with van der Waals surface area (Å²) in [7, 11) is 0. The number of hydrazine groups is 1. The standard InChI is InChI=1S/C39H27Cl2F3N4O8/c40-19-7-5-17(6-8-19)38-26(34(52)48(37(38)56)46-32-27(41)13-18(16-45-32)39(42,43)44)15-25-21(31(38)22-3-1-2-4-28(22)49)11-12-24-30(25)35(53)47(33(24)51)20-9-10-23(36(54)55)29(50)14-20/h1-11,13-14,16,24-26,30-31,49-50H,12,15H2,(H,45,46)(H,54,55). The van der Waals surface area contributed by atoms with Crippen LogP contribution in [0.2, 0.25) is 10.0 Å². The highest BCUT2D eigenvalue weighted by Crippen LogP contribution is 2.65. The highest BCUT2D eigenvalue weighted by molar-refractivity contribution is 6.33. The van der Waals surface area contributed by atoms with Crippen LogP contribution < -0.4 is 10.3 Å².